The average Bonchev–Trinajstić information content (AvgIpc) is 2.38. The van der Waals surface area contributed by atoms with Gasteiger partial charge < -0.3 is 4.90 Å². The van der Waals surface area contributed by atoms with E-state index in [1.807, 2.05) is 24.8 Å². The largest absolute Gasteiger partial charge is 0.334 e. The second-order valence-electron chi connectivity index (χ2n) is 4.48. The topological polar surface area (TPSA) is 46.1 Å². The fourth-order valence-electron chi connectivity index (χ4n) is 2.40. The lowest BCUT2D eigenvalue weighted by Gasteiger charge is -2.35. The van der Waals surface area contributed by atoms with Crippen molar-refractivity contribution in [2.24, 2.45) is 0 Å². The molecule has 0 aliphatic carbocycles. The Kier molecular flexibility index (Phi) is 3.71. The molecule has 17 heavy (non-hydrogen) atoms. The van der Waals surface area contributed by atoms with Crippen LogP contribution in [-0.2, 0) is 4.79 Å². The van der Waals surface area contributed by atoms with E-state index in [-0.39, 0.29) is 11.9 Å². The zero-order valence-electron chi connectivity index (χ0n) is 10.5. The first kappa shape index (κ1) is 12.0. The molecule has 1 aliphatic heterocycles. The summed E-state index contributed by atoms with van der Waals surface area (Å²) in [5.41, 5.74) is 0.985. The SMILES string of the molecule is CCC(=O)N1CCCC[C@H]1c1ccnc(C)n1. The van der Waals surface area contributed by atoms with Gasteiger partial charge in [0.1, 0.15) is 5.82 Å². The first-order chi connectivity index (χ1) is 8.22. The number of piperidine rings is 1. The second kappa shape index (κ2) is 5.25. The van der Waals surface area contributed by atoms with Gasteiger partial charge in [0.15, 0.2) is 0 Å². The Morgan fingerprint density at radius 1 is 1.53 bits per heavy atom. The molecule has 1 aromatic heterocycles. The van der Waals surface area contributed by atoms with Gasteiger partial charge >= 0.3 is 0 Å². The molecule has 1 fully saturated rings. The molecular weight excluding hydrogens is 214 g/mol. The lowest BCUT2D eigenvalue weighted by atomic mass is 9.98. The van der Waals surface area contributed by atoms with Crippen LogP contribution < -0.4 is 0 Å². The number of aryl methyl sites for hydroxylation is 1. The van der Waals surface area contributed by atoms with Gasteiger partial charge in [0.05, 0.1) is 11.7 Å². The molecule has 0 aromatic carbocycles. The van der Waals surface area contributed by atoms with E-state index in [1.54, 1.807) is 6.20 Å². The number of nitrogens with zero attached hydrogens (tertiary/aromatic N) is 3. The molecule has 0 bridgehead atoms. The van der Waals surface area contributed by atoms with Crippen molar-refractivity contribution in [2.45, 2.75) is 45.6 Å². The summed E-state index contributed by atoms with van der Waals surface area (Å²) in [6.07, 6.45) is 5.64. The lowest BCUT2D eigenvalue weighted by molar-refractivity contribution is -0.134. The maximum absolute atomic E-state index is 11.9. The van der Waals surface area contributed by atoms with Gasteiger partial charge in [-0.15, -0.1) is 0 Å². The standard InChI is InChI=1S/C13H19N3O/c1-3-13(17)16-9-5-4-6-12(16)11-7-8-14-10(2)15-11/h7-8,12H,3-6,9H2,1-2H3/t12-/m0/s1. The van der Waals surface area contributed by atoms with Crippen LogP contribution in [0, 0.1) is 6.92 Å². The molecule has 0 N–H and O–H groups in total. The summed E-state index contributed by atoms with van der Waals surface area (Å²) in [7, 11) is 0. The van der Waals surface area contributed by atoms with Gasteiger partial charge in [0.25, 0.3) is 0 Å². The molecule has 1 amide bonds. The van der Waals surface area contributed by atoms with Crippen molar-refractivity contribution >= 4 is 5.91 Å². The van der Waals surface area contributed by atoms with Crippen molar-refractivity contribution in [1.29, 1.82) is 0 Å². The van der Waals surface area contributed by atoms with E-state index in [4.69, 9.17) is 0 Å². The van der Waals surface area contributed by atoms with Crippen LogP contribution in [0.5, 0.6) is 0 Å². The van der Waals surface area contributed by atoms with E-state index < -0.39 is 0 Å². The Hall–Kier alpha value is -1.45. The molecule has 0 radical (unpaired) electrons. The van der Waals surface area contributed by atoms with E-state index in [1.165, 1.54) is 6.42 Å². The molecule has 1 aliphatic rings. The molecule has 0 unspecified atom stereocenters. The summed E-state index contributed by atoms with van der Waals surface area (Å²) in [5.74, 6) is 1.00. The third-order valence-corrected chi connectivity index (χ3v) is 3.26. The van der Waals surface area contributed by atoms with Crippen LogP contribution in [0.2, 0.25) is 0 Å². The van der Waals surface area contributed by atoms with Crippen molar-refractivity contribution < 1.29 is 4.79 Å². The molecule has 0 saturated carbocycles. The van der Waals surface area contributed by atoms with Crippen LogP contribution in [0.1, 0.15) is 50.2 Å². The van der Waals surface area contributed by atoms with Crippen molar-refractivity contribution in [1.82, 2.24) is 14.9 Å². The number of aromatic nitrogens is 2. The zero-order valence-corrected chi connectivity index (χ0v) is 10.5. The molecule has 1 atom stereocenters. The van der Waals surface area contributed by atoms with Gasteiger partial charge in [-0.2, -0.15) is 0 Å². The zero-order chi connectivity index (χ0) is 12.3. The minimum Gasteiger partial charge on any atom is -0.334 e. The molecule has 4 nitrogen and oxygen atoms in total. The minimum atomic E-state index is 0.151. The van der Waals surface area contributed by atoms with E-state index in [2.05, 4.69) is 9.97 Å². The maximum atomic E-state index is 11.9. The van der Waals surface area contributed by atoms with Crippen LogP contribution in [0.4, 0.5) is 0 Å². The summed E-state index contributed by atoms with van der Waals surface area (Å²) in [4.78, 5) is 22.5. The molecule has 2 rings (SSSR count). The van der Waals surface area contributed by atoms with Crippen molar-refractivity contribution in [3.8, 4) is 0 Å². The average molecular weight is 233 g/mol. The van der Waals surface area contributed by atoms with Crippen LogP contribution in [0.15, 0.2) is 12.3 Å². The van der Waals surface area contributed by atoms with E-state index in [9.17, 15) is 4.79 Å². The first-order valence-electron chi connectivity index (χ1n) is 6.31. The quantitative estimate of drug-likeness (QED) is 0.787. The van der Waals surface area contributed by atoms with Gasteiger partial charge in [-0.05, 0) is 32.3 Å². The predicted octanol–water partition coefficient (Wildman–Crippen LogP) is 2.25. The Bertz CT molecular complexity index is 405. The minimum absolute atomic E-state index is 0.151. The van der Waals surface area contributed by atoms with Crippen LogP contribution >= 0.6 is 0 Å². The maximum Gasteiger partial charge on any atom is 0.222 e. The van der Waals surface area contributed by atoms with Crippen LogP contribution in [0.3, 0.4) is 0 Å². The lowest BCUT2D eigenvalue weighted by Crippen LogP contribution is -2.38. The Morgan fingerprint density at radius 3 is 3.06 bits per heavy atom. The van der Waals surface area contributed by atoms with Gasteiger partial charge in [-0.25, -0.2) is 9.97 Å². The molecule has 0 spiro atoms. The highest BCUT2D eigenvalue weighted by Gasteiger charge is 2.27. The summed E-state index contributed by atoms with van der Waals surface area (Å²) in [6.45, 7) is 4.66. The van der Waals surface area contributed by atoms with Crippen molar-refractivity contribution in [3.63, 3.8) is 0 Å². The third-order valence-electron chi connectivity index (χ3n) is 3.26. The molecule has 1 aromatic rings. The number of carbonyl (C=O) groups excluding carboxylic acids is 1. The summed E-state index contributed by atoms with van der Waals surface area (Å²) in [6, 6.07) is 2.08. The summed E-state index contributed by atoms with van der Waals surface area (Å²) in [5, 5.41) is 0. The highest BCUT2D eigenvalue weighted by Crippen LogP contribution is 2.29. The van der Waals surface area contributed by atoms with E-state index in [0.29, 0.717) is 6.42 Å². The highest BCUT2D eigenvalue weighted by atomic mass is 16.2. The number of rotatable bonds is 2. The summed E-state index contributed by atoms with van der Waals surface area (Å²) >= 11 is 0. The predicted molar refractivity (Wildman–Crippen MR) is 65.4 cm³/mol. The molecular formula is C13H19N3O. The van der Waals surface area contributed by atoms with Crippen LogP contribution in [-0.4, -0.2) is 27.3 Å². The fourth-order valence-corrected chi connectivity index (χ4v) is 2.40. The Balaban J connectivity index is 2.24. The number of hydrogen-bond acceptors (Lipinski definition) is 3. The van der Waals surface area contributed by atoms with Gasteiger partial charge in [-0.1, -0.05) is 6.92 Å². The van der Waals surface area contributed by atoms with Gasteiger partial charge in [0, 0.05) is 19.2 Å². The first-order valence-corrected chi connectivity index (χ1v) is 6.31. The highest BCUT2D eigenvalue weighted by molar-refractivity contribution is 5.76. The molecule has 2 heterocycles. The van der Waals surface area contributed by atoms with Crippen molar-refractivity contribution in [3.05, 3.63) is 23.8 Å². The fraction of sp³-hybridized carbons (Fsp3) is 0.615. The normalized spacial score (nSPS) is 20.4. The monoisotopic (exact) mass is 233 g/mol. The summed E-state index contributed by atoms with van der Waals surface area (Å²) < 4.78 is 0. The number of amides is 1. The van der Waals surface area contributed by atoms with Crippen LogP contribution in [0.25, 0.3) is 0 Å². The second-order valence-corrected chi connectivity index (χ2v) is 4.48. The number of carbonyl (C=O) groups is 1. The van der Waals surface area contributed by atoms with E-state index in [0.717, 1.165) is 30.9 Å². The van der Waals surface area contributed by atoms with E-state index >= 15 is 0 Å². The Morgan fingerprint density at radius 2 is 2.35 bits per heavy atom. The molecule has 4 heteroatoms. The van der Waals surface area contributed by atoms with Crippen molar-refractivity contribution in [2.75, 3.05) is 6.54 Å². The molecule has 92 valence electrons. The molecule has 1 saturated heterocycles. The third kappa shape index (κ3) is 2.62. The number of likely N-dealkylation sites (tertiary alicyclic amines) is 1. The Labute approximate surface area is 102 Å². The van der Waals surface area contributed by atoms with Gasteiger partial charge in [-0.3, -0.25) is 4.79 Å². The number of hydrogen-bond donors (Lipinski definition) is 0. The smallest absolute Gasteiger partial charge is 0.222 e. The van der Waals surface area contributed by atoms with Gasteiger partial charge in [0.2, 0.25) is 5.91 Å².